The van der Waals surface area contributed by atoms with Gasteiger partial charge in [-0.05, 0) is 6.92 Å². The van der Waals surface area contributed by atoms with Gasteiger partial charge in [0, 0.05) is 26.2 Å². The average molecular weight is 230 g/mol. The van der Waals surface area contributed by atoms with Crippen LogP contribution in [-0.2, 0) is 9.53 Å². The van der Waals surface area contributed by atoms with Gasteiger partial charge >= 0.3 is 6.03 Å². The van der Waals surface area contributed by atoms with Crippen LogP contribution in [0.1, 0.15) is 6.92 Å². The van der Waals surface area contributed by atoms with Crippen LogP contribution >= 0.6 is 0 Å². The standard InChI is InChI=1S/C9H18N4O3/c1-9(5-11-6-9)16-4-7(14)12-2-3-13-8(10)15/h11H,2-6H2,1H3,(H,12,14)(H3,10,13,15). The molecule has 5 N–H and O–H groups in total. The van der Waals surface area contributed by atoms with Gasteiger partial charge in [-0.15, -0.1) is 0 Å². The number of carbonyl (C=O) groups is 2. The Bertz CT molecular complexity index is 265. The Hall–Kier alpha value is -1.34. The van der Waals surface area contributed by atoms with E-state index < -0.39 is 6.03 Å². The number of carbonyl (C=O) groups excluding carboxylic acids is 2. The van der Waals surface area contributed by atoms with E-state index in [4.69, 9.17) is 10.5 Å². The lowest BCUT2D eigenvalue weighted by Gasteiger charge is -2.38. The second-order valence-electron chi connectivity index (χ2n) is 3.98. The van der Waals surface area contributed by atoms with Crippen LogP contribution < -0.4 is 21.7 Å². The molecule has 3 amide bonds. The summed E-state index contributed by atoms with van der Waals surface area (Å²) in [5, 5.41) is 8.05. The van der Waals surface area contributed by atoms with Crippen LogP contribution in [0.15, 0.2) is 0 Å². The van der Waals surface area contributed by atoms with Crippen LogP contribution in [-0.4, -0.2) is 50.3 Å². The fraction of sp³-hybridized carbons (Fsp3) is 0.778. The molecule has 0 unspecified atom stereocenters. The van der Waals surface area contributed by atoms with E-state index in [9.17, 15) is 9.59 Å². The van der Waals surface area contributed by atoms with Crippen molar-refractivity contribution in [2.24, 2.45) is 5.73 Å². The van der Waals surface area contributed by atoms with Crippen molar-refractivity contribution in [1.29, 1.82) is 0 Å². The van der Waals surface area contributed by atoms with Crippen molar-refractivity contribution in [2.75, 3.05) is 32.8 Å². The predicted octanol–water partition coefficient (Wildman–Crippen LogP) is -1.85. The Morgan fingerprint density at radius 2 is 2.00 bits per heavy atom. The number of nitrogens with one attached hydrogen (secondary N) is 3. The fourth-order valence-electron chi connectivity index (χ4n) is 1.26. The van der Waals surface area contributed by atoms with Crippen LogP contribution in [0.4, 0.5) is 4.79 Å². The van der Waals surface area contributed by atoms with E-state index in [0.29, 0.717) is 13.1 Å². The van der Waals surface area contributed by atoms with Gasteiger partial charge in [0.1, 0.15) is 6.61 Å². The molecule has 1 rings (SSSR count). The lowest BCUT2D eigenvalue weighted by molar-refractivity contribution is -0.135. The molecule has 0 aromatic rings. The van der Waals surface area contributed by atoms with Crippen LogP contribution in [0.5, 0.6) is 0 Å². The van der Waals surface area contributed by atoms with Crippen LogP contribution in [0.25, 0.3) is 0 Å². The van der Waals surface area contributed by atoms with E-state index in [1.54, 1.807) is 0 Å². The van der Waals surface area contributed by atoms with Gasteiger partial charge in [-0.1, -0.05) is 0 Å². The number of urea groups is 1. The summed E-state index contributed by atoms with van der Waals surface area (Å²) in [4.78, 5) is 21.6. The minimum absolute atomic E-state index is 0.0365. The predicted molar refractivity (Wildman–Crippen MR) is 57.8 cm³/mol. The molecule has 1 fully saturated rings. The highest BCUT2D eigenvalue weighted by molar-refractivity contribution is 5.77. The van der Waals surface area contributed by atoms with Crippen molar-refractivity contribution in [1.82, 2.24) is 16.0 Å². The molecule has 0 aliphatic carbocycles. The lowest BCUT2D eigenvalue weighted by atomic mass is 10.0. The first-order chi connectivity index (χ1) is 7.52. The molecule has 7 nitrogen and oxygen atoms in total. The zero-order chi connectivity index (χ0) is 12.0. The molecule has 0 atom stereocenters. The first kappa shape index (κ1) is 12.7. The molecule has 0 aromatic heterocycles. The molecule has 92 valence electrons. The molecule has 1 heterocycles. The third-order valence-electron chi connectivity index (χ3n) is 2.30. The van der Waals surface area contributed by atoms with Crippen molar-refractivity contribution in [2.45, 2.75) is 12.5 Å². The van der Waals surface area contributed by atoms with Gasteiger partial charge < -0.3 is 26.4 Å². The smallest absolute Gasteiger partial charge is 0.312 e. The molecule has 7 heteroatoms. The van der Waals surface area contributed by atoms with Crippen molar-refractivity contribution < 1.29 is 14.3 Å². The summed E-state index contributed by atoms with van der Waals surface area (Å²) in [5.41, 5.74) is 4.64. The van der Waals surface area contributed by atoms with E-state index in [-0.39, 0.29) is 18.1 Å². The normalized spacial score (nSPS) is 17.3. The van der Waals surface area contributed by atoms with Gasteiger partial charge in [-0.25, -0.2) is 4.79 Å². The molecule has 0 spiro atoms. The third-order valence-corrected chi connectivity index (χ3v) is 2.30. The molecule has 0 bridgehead atoms. The maximum Gasteiger partial charge on any atom is 0.312 e. The maximum absolute atomic E-state index is 11.3. The van der Waals surface area contributed by atoms with Gasteiger partial charge in [0.2, 0.25) is 5.91 Å². The third kappa shape index (κ3) is 4.45. The fourth-order valence-corrected chi connectivity index (χ4v) is 1.26. The number of hydrogen-bond donors (Lipinski definition) is 4. The molecule has 1 aliphatic heterocycles. The van der Waals surface area contributed by atoms with Crippen LogP contribution in [0.3, 0.4) is 0 Å². The van der Waals surface area contributed by atoms with Gasteiger partial charge in [-0.3, -0.25) is 4.79 Å². The number of primary amides is 1. The quantitative estimate of drug-likeness (QED) is 0.402. The Morgan fingerprint density at radius 1 is 1.38 bits per heavy atom. The van der Waals surface area contributed by atoms with Gasteiger partial charge in [0.05, 0.1) is 5.60 Å². The Morgan fingerprint density at radius 3 is 2.50 bits per heavy atom. The second kappa shape index (κ2) is 5.66. The molecular formula is C9H18N4O3. The number of rotatable bonds is 6. The molecule has 0 saturated carbocycles. The minimum atomic E-state index is -0.599. The van der Waals surface area contributed by atoms with E-state index in [0.717, 1.165) is 13.1 Å². The van der Waals surface area contributed by atoms with E-state index >= 15 is 0 Å². The summed E-state index contributed by atoms with van der Waals surface area (Å²) in [5.74, 6) is -0.195. The number of nitrogens with two attached hydrogens (primary N) is 1. The van der Waals surface area contributed by atoms with Gasteiger partial charge in [0.25, 0.3) is 0 Å². The van der Waals surface area contributed by atoms with E-state index in [2.05, 4.69) is 16.0 Å². The first-order valence-corrected chi connectivity index (χ1v) is 5.16. The Balaban J connectivity index is 2.00. The first-order valence-electron chi connectivity index (χ1n) is 5.16. The van der Waals surface area contributed by atoms with Crippen molar-refractivity contribution in [3.05, 3.63) is 0 Å². The number of hydrogen-bond acceptors (Lipinski definition) is 4. The number of ether oxygens (including phenoxy) is 1. The van der Waals surface area contributed by atoms with Crippen LogP contribution in [0, 0.1) is 0 Å². The van der Waals surface area contributed by atoms with Crippen molar-refractivity contribution in [3.63, 3.8) is 0 Å². The second-order valence-corrected chi connectivity index (χ2v) is 3.98. The van der Waals surface area contributed by atoms with Crippen molar-refractivity contribution in [3.8, 4) is 0 Å². The zero-order valence-corrected chi connectivity index (χ0v) is 9.34. The lowest BCUT2D eigenvalue weighted by Crippen LogP contribution is -2.59. The largest absolute Gasteiger partial charge is 0.363 e. The molecule has 1 aliphatic rings. The highest BCUT2D eigenvalue weighted by Gasteiger charge is 2.32. The summed E-state index contributed by atoms with van der Waals surface area (Å²) in [6.07, 6.45) is 0. The number of amides is 3. The molecular weight excluding hydrogens is 212 g/mol. The Kier molecular flexibility index (Phi) is 4.51. The monoisotopic (exact) mass is 230 g/mol. The SMILES string of the molecule is CC1(OCC(=O)NCCNC(N)=O)CNC1. The average Bonchev–Trinajstić information content (AvgIpc) is 2.18. The molecule has 0 radical (unpaired) electrons. The summed E-state index contributed by atoms with van der Waals surface area (Å²) >= 11 is 0. The van der Waals surface area contributed by atoms with Gasteiger partial charge in [-0.2, -0.15) is 0 Å². The van der Waals surface area contributed by atoms with Crippen molar-refractivity contribution >= 4 is 11.9 Å². The maximum atomic E-state index is 11.3. The topological polar surface area (TPSA) is 105 Å². The zero-order valence-electron chi connectivity index (χ0n) is 9.34. The minimum Gasteiger partial charge on any atom is -0.363 e. The molecule has 16 heavy (non-hydrogen) atoms. The van der Waals surface area contributed by atoms with E-state index in [1.165, 1.54) is 0 Å². The summed E-state index contributed by atoms with van der Waals surface area (Å²) in [7, 11) is 0. The highest BCUT2D eigenvalue weighted by Crippen LogP contribution is 2.14. The van der Waals surface area contributed by atoms with Crippen LogP contribution in [0.2, 0.25) is 0 Å². The Labute approximate surface area is 94.1 Å². The highest BCUT2D eigenvalue weighted by atomic mass is 16.5. The summed E-state index contributed by atoms with van der Waals surface area (Å²) in [6.45, 7) is 4.19. The van der Waals surface area contributed by atoms with E-state index in [1.807, 2.05) is 6.92 Å². The summed E-state index contributed by atoms with van der Waals surface area (Å²) in [6, 6.07) is -0.599. The van der Waals surface area contributed by atoms with Gasteiger partial charge in [0.15, 0.2) is 0 Å². The summed E-state index contributed by atoms with van der Waals surface area (Å²) < 4.78 is 5.42. The molecule has 1 saturated heterocycles. The molecule has 0 aromatic carbocycles.